The molecule has 0 spiro atoms. The molecule has 3 aromatic heterocycles. The Morgan fingerprint density at radius 2 is 0.873 bits per heavy atom. The highest BCUT2D eigenvalue weighted by Gasteiger charge is 2.17. The van der Waals surface area contributed by atoms with Crippen molar-refractivity contribution < 1.29 is 8.83 Å². The number of fused-ring (bicyclic) bond motifs is 5. The van der Waals surface area contributed by atoms with Crippen molar-refractivity contribution >= 4 is 55.1 Å². The maximum atomic E-state index is 13.5. The summed E-state index contributed by atoms with van der Waals surface area (Å²) in [5.74, 6) is 0. The smallest absolute Gasteiger partial charge is 0.344 e. The molecule has 10 rings (SSSR count). The summed E-state index contributed by atoms with van der Waals surface area (Å²) in [6.45, 7) is 12.0. The largest absolute Gasteiger partial charge is 0.422 e. The van der Waals surface area contributed by atoms with Crippen LogP contribution in [0.4, 0.5) is 11.4 Å². The van der Waals surface area contributed by atoms with Gasteiger partial charge in [0.15, 0.2) is 0 Å². The van der Waals surface area contributed by atoms with Crippen LogP contribution >= 0.6 is 0 Å². The summed E-state index contributed by atoms with van der Waals surface area (Å²) in [7, 11) is 0. The van der Waals surface area contributed by atoms with Crippen LogP contribution in [0.3, 0.4) is 0 Å². The first-order valence-electron chi connectivity index (χ1n) is 21.8. The number of para-hydroxylation sites is 1. The van der Waals surface area contributed by atoms with Gasteiger partial charge in [-0.1, -0.05) is 72.8 Å². The van der Waals surface area contributed by atoms with Crippen molar-refractivity contribution in [1.29, 1.82) is 0 Å². The van der Waals surface area contributed by atoms with Crippen LogP contribution in [-0.4, -0.2) is 30.7 Å². The van der Waals surface area contributed by atoms with Crippen LogP contribution < -0.4 is 21.1 Å². The highest BCUT2D eigenvalue weighted by atomic mass is 16.4. The van der Waals surface area contributed by atoms with Crippen LogP contribution in [-0.2, 0) is 0 Å². The van der Waals surface area contributed by atoms with Crippen LogP contribution in [0.1, 0.15) is 27.7 Å². The monoisotopic (exact) mass is 825 g/mol. The van der Waals surface area contributed by atoms with Crippen molar-refractivity contribution in [2.24, 2.45) is 0 Å². The molecule has 7 heteroatoms. The minimum atomic E-state index is -0.358. The second kappa shape index (κ2) is 16.3. The van der Waals surface area contributed by atoms with Gasteiger partial charge >= 0.3 is 11.3 Å². The van der Waals surface area contributed by atoms with Crippen LogP contribution in [0.25, 0.3) is 93.9 Å². The van der Waals surface area contributed by atoms with Gasteiger partial charge in [0.1, 0.15) is 11.2 Å². The molecule has 10 aromatic rings. The van der Waals surface area contributed by atoms with E-state index in [9.17, 15) is 9.59 Å². The lowest BCUT2D eigenvalue weighted by Gasteiger charge is -2.21. The van der Waals surface area contributed by atoms with Gasteiger partial charge in [-0.2, -0.15) is 0 Å². The fraction of sp³-hybridized carbons (Fsp3) is 0.143. The van der Waals surface area contributed by atoms with Gasteiger partial charge in [0.05, 0.1) is 22.2 Å². The van der Waals surface area contributed by atoms with E-state index in [2.05, 4.69) is 139 Å². The Labute approximate surface area is 365 Å². The first-order valence-corrected chi connectivity index (χ1v) is 21.8. The zero-order valence-corrected chi connectivity index (χ0v) is 35.9. The van der Waals surface area contributed by atoms with E-state index in [1.165, 1.54) is 0 Å². The van der Waals surface area contributed by atoms with Crippen LogP contribution in [0, 0.1) is 0 Å². The maximum Gasteiger partial charge on any atom is 0.344 e. The summed E-state index contributed by atoms with van der Waals surface area (Å²) in [5.41, 5.74) is 12.6. The van der Waals surface area contributed by atoms with Crippen LogP contribution in [0.5, 0.6) is 0 Å². The predicted octanol–water partition coefficient (Wildman–Crippen LogP) is 13.4. The molecule has 63 heavy (non-hydrogen) atoms. The first kappa shape index (κ1) is 39.5. The van der Waals surface area contributed by atoms with E-state index in [0.29, 0.717) is 22.3 Å². The zero-order valence-electron chi connectivity index (χ0n) is 35.9. The van der Waals surface area contributed by atoms with E-state index in [4.69, 9.17) is 8.83 Å². The van der Waals surface area contributed by atoms with Crippen molar-refractivity contribution in [1.82, 2.24) is 4.57 Å². The molecule has 310 valence electrons. The second-order valence-corrected chi connectivity index (χ2v) is 16.0. The van der Waals surface area contributed by atoms with E-state index < -0.39 is 0 Å². The Kier molecular flexibility index (Phi) is 10.2. The number of hydrogen-bond donors (Lipinski definition) is 0. The Bertz CT molecular complexity index is 3450. The van der Waals surface area contributed by atoms with Crippen molar-refractivity contribution in [3.8, 4) is 50.2 Å². The van der Waals surface area contributed by atoms with Gasteiger partial charge in [-0.25, -0.2) is 9.59 Å². The molecule has 0 aliphatic rings. The average Bonchev–Trinajstić information content (AvgIpc) is 3.65. The third-order valence-electron chi connectivity index (χ3n) is 12.5. The molecule has 0 radical (unpaired) electrons. The number of rotatable bonds is 11. The van der Waals surface area contributed by atoms with Gasteiger partial charge < -0.3 is 23.2 Å². The molecule has 0 amide bonds. The topological polar surface area (TPSA) is 71.8 Å². The van der Waals surface area contributed by atoms with Gasteiger partial charge in [-0.3, -0.25) is 0 Å². The van der Waals surface area contributed by atoms with E-state index >= 15 is 0 Å². The standard InChI is InChI=1S/C56H47N3O4/c1-5-57(6-2)45-25-21-42-32-47(55(60)62-53(42)34-45)37-19-17-36(18-20-37)39-23-27-51-49(30-39)50-31-40(24-28-52(50)59(51)44-15-10-9-11-16-44)38-13-12-14-41(29-38)48-33-43-22-26-46(58(7-3)8-4)35-54(43)63-56(48)61/h9-35H,5-8H2,1-4H3. The second-order valence-electron chi connectivity index (χ2n) is 16.0. The van der Waals surface area contributed by atoms with Crippen molar-refractivity contribution in [2.45, 2.75) is 27.7 Å². The maximum absolute atomic E-state index is 13.5. The van der Waals surface area contributed by atoms with Gasteiger partial charge in [0.2, 0.25) is 0 Å². The first-order chi connectivity index (χ1) is 30.8. The van der Waals surface area contributed by atoms with Crippen molar-refractivity contribution in [3.05, 3.63) is 185 Å². The van der Waals surface area contributed by atoms with E-state index in [1.54, 1.807) is 0 Å². The summed E-state index contributed by atoms with van der Waals surface area (Å²) in [6.07, 6.45) is 0. The van der Waals surface area contributed by atoms with Gasteiger partial charge in [0.25, 0.3) is 0 Å². The van der Waals surface area contributed by atoms with E-state index in [1.807, 2.05) is 66.7 Å². The SMILES string of the molecule is CCN(CC)c1ccc2cc(-c3ccc(-c4ccc5c(c4)c4cc(-c6cccc(-c7cc8ccc(N(CC)CC)cc8oc7=O)c6)ccc4n5-c4ccccc4)cc3)c(=O)oc2c1. The summed E-state index contributed by atoms with van der Waals surface area (Å²) < 4.78 is 14.1. The fourth-order valence-corrected chi connectivity index (χ4v) is 9.12. The summed E-state index contributed by atoms with van der Waals surface area (Å²) in [6, 6.07) is 56.0. The van der Waals surface area contributed by atoms with Crippen LogP contribution in [0.15, 0.2) is 182 Å². The molecule has 0 saturated heterocycles. The minimum Gasteiger partial charge on any atom is -0.422 e. The molecule has 0 aliphatic heterocycles. The number of benzene rings is 7. The van der Waals surface area contributed by atoms with E-state index in [-0.39, 0.29) is 11.3 Å². The number of anilines is 2. The molecule has 0 atom stereocenters. The lowest BCUT2D eigenvalue weighted by molar-refractivity contribution is 0.563. The van der Waals surface area contributed by atoms with Crippen molar-refractivity contribution in [2.75, 3.05) is 36.0 Å². The quantitative estimate of drug-likeness (QED) is 0.121. The highest BCUT2D eigenvalue weighted by Crippen LogP contribution is 2.38. The number of hydrogen-bond acceptors (Lipinski definition) is 6. The lowest BCUT2D eigenvalue weighted by Crippen LogP contribution is -2.21. The molecule has 0 N–H and O–H groups in total. The molecular formula is C56H47N3O4. The molecule has 7 aromatic carbocycles. The van der Waals surface area contributed by atoms with E-state index in [0.717, 1.165) is 109 Å². The molecule has 7 nitrogen and oxygen atoms in total. The van der Waals surface area contributed by atoms with Gasteiger partial charge in [0, 0.05) is 76.9 Å². The Morgan fingerprint density at radius 3 is 1.41 bits per heavy atom. The summed E-state index contributed by atoms with van der Waals surface area (Å²) in [4.78, 5) is 31.3. The summed E-state index contributed by atoms with van der Waals surface area (Å²) >= 11 is 0. The van der Waals surface area contributed by atoms with Crippen LogP contribution in [0.2, 0.25) is 0 Å². The lowest BCUT2D eigenvalue weighted by atomic mass is 9.97. The Morgan fingerprint density at radius 1 is 0.413 bits per heavy atom. The molecule has 0 unspecified atom stereocenters. The third-order valence-corrected chi connectivity index (χ3v) is 12.5. The molecule has 3 heterocycles. The predicted molar refractivity (Wildman–Crippen MR) is 262 cm³/mol. The zero-order chi connectivity index (χ0) is 43.2. The molecule has 0 fully saturated rings. The Hall–Kier alpha value is -7.64. The van der Waals surface area contributed by atoms with Gasteiger partial charge in [-0.05, 0) is 140 Å². The molecular weight excluding hydrogens is 779 g/mol. The van der Waals surface area contributed by atoms with Gasteiger partial charge in [-0.15, -0.1) is 0 Å². The molecule has 0 saturated carbocycles. The highest BCUT2D eigenvalue weighted by molar-refractivity contribution is 6.11. The third kappa shape index (κ3) is 7.15. The fourth-order valence-electron chi connectivity index (χ4n) is 9.12. The van der Waals surface area contributed by atoms with Crippen molar-refractivity contribution in [3.63, 3.8) is 0 Å². The average molecular weight is 826 g/mol. The normalized spacial score (nSPS) is 11.6. The minimum absolute atomic E-state index is 0.353. The number of nitrogens with zero attached hydrogens (tertiary/aromatic N) is 3. The molecule has 0 bridgehead atoms. The number of aromatic nitrogens is 1. The molecule has 0 aliphatic carbocycles. The summed E-state index contributed by atoms with van der Waals surface area (Å²) in [5, 5.41) is 4.00. The Balaban J connectivity index is 1.02.